The highest BCUT2D eigenvalue weighted by Crippen LogP contribution is 2.32. The number of carboxylic acid groups (broad SMARTS) is 1. The van der Waals surface area contributed by atoms with Crippen LogP contribution in [0.4, 0.5) is 4.79 Å². The molecular weight excluding hydrogens is 396 g/mol. The molecule has 0 fully saturated rings. The van der Waals surface area contributed by atoms with E-state index >= 15 is 0 Å². The monoisotopic (exact) mass is 432 g/mol. The van der Waals surface area contributed by atoms with Crippen LogP contribution in [0, 0.1) is 5.41 Å². The maximum Gasteiger partial charge on any atom is 0.404 e. The molecule has 0 bridgehead atoms. The summed E-state index contributed by atoms with van der Waals surface area (Å²) in [6.07, 6.45) is 2.66. The second-order valence-electron chi connectivity index (χ2n) is 9.00. The molecule has 31 heavy (non-hydrogen) atoms. The first-order chi connectivity index (χ1) is 14.7. The van der Waals surface area contributed by atoms with Crippen molar-refractivity contribution in [3.05, 3.63) is 34.2 Å². The lowest BCUT2D eigenvalue weighted by Gasteiger charge is -2.25. The summed E-state index contributed by atoms with van der Waals surface area (Å²) >= 11 is 0. The van der Waals surface area contributed by atoms with Crippen molar-refractivity contribution in [2.45, 2.75) is 73.4 Å². The number of fused-ring (bicyclic) bond motifs is 1. The molecule has 0 aliphatic rings. The number of amides is 1. The van der Waals surface area contributed by atoms with Gasteiger partial charge in [0.25, 0.3) is 5.56 Å². The van der Waals surface area contributed by atoms with Gasteiger partial charge in [-0.1, -0.05) is 47.5 Å². The molecule has 1 amide bonds. The minimum Gasteiger partial charge on any atom is -0.494 e. The second kappa shape index (κ2) is 11.1. The Morgan fingerprint density at radius 1 is 1.06 bits per heavy atom. The van der Waals surface area contributed by atoms with Gasteiger partial charge in [-0.2, -0.15) is 0 Å². The Bertz CT molecular complexity index is 944. The number of benzene rings is 1. The minimum absolute atomic E-state index is 0.00714. The third-order valence-electron chi connectivity index (χ3n) is 4.85. The highest BCUT2D eigenvalue weighted by molar-refractivity contribution is 5.89. The Hall–Kier alpha value is -2.70. The van der Waals surface area contributed by atoms with E-state index in [1.165, 1.54) is 0 Å². The summed E-state index contributed by atoms with van der Waals surface area (Å²) in [5.74, 6) is 1.21. The zero-order valence-corrected chi connectivity index (χ0v) is 19.4. The van der Waals surface area contributed by atoms with Crippen LogP contribution >= 0.6 is 0 Å². The van der Waals surface area contributed by atoms with Crippen LogP contribution in [0.25, 0.3) is 10.8 Å². The number of rotatable bonds is 11. The number of carbonyl (C=O) groups is 1. The molecule has 2 aromatic rings. The first-order valence-electron chi connectivity index (χ1n) is 11.1. The summed E-state index contributed by atoms with van der Waals surface area (Å²) in [6.45, 7) is 11.8. The van der Waals surface area contributed by atoms with Crippen molar-refractivity contribution in [3.8, 4) is 11.5 Å². The highest BCUT2D eigenvalue weighted by atomic mass is 16.5. The summed E-state index contributed by atoms with van der Waals surface area (Å²) in [6, 6.07) is 5.45. The van der Waals surface area contributed by atoms with Crippen molar-refractivity contribution in [2.75, 3.05) is 13.2 Å². The van der Waals surface area contributed by atoms with Crippen molar-refractivity contribution in [1.29, 1.82) is 0 Å². The molecule has 0 aliphatic heterocycles. The van der Waals surface area contributed by atoms with Gasteiger partial charge < -0.3 is 24.5 Å². The number of pyridine rings is 1. The number of nitrogens with one attached hydrogen (secondary N) is 1. The summed E-state index contributed by atoms with van der Waals surface area (Å²) in [5.41, 5.74) is 0.187. The lowest BCUT2D eigenvalue weighted by atomic mass is 9.96. The topological polar surface area (TPSA) is 89.8 Å². The van der Waals surface area contributed by atoms with Gasteiger partial charge in [-0.05, 0) is 36.5 Å². The van der Waals surface area contributed by atoms with Crippen LogP contribution in [-0.2, 0) is 13.1 Å². The zero-order chi connectivity index (χ0) is 23.0. The Labute approximate surface area is 184 Å². The van der Waals surface area contributed by atoms with Crippen LogP contribution in [0.1, 0.15) is 66.0 Å². The molecule has 2 N–H and O–H groups in total. The minimum atomic E-state index is -1.14. The lowest BCUT2D eigenvalue weighted by molar-refractivity contribution is 0.193. The molecule has 0 atom stereocenters. The quantitative estimate of drug-likeness (QED) is 0.478. The molecule has 0 spiro atoms. The predicted octanol–water partition coefficient (Wildman–Crippen LogP) is 5.17. The number of hydrogen-bond donors (Lipinski definition) is 2. The van der Waals surface area contributed by atoms with Gasteiger partial charge in [0.15, 0.2) is 0 Å². The lowest BCUT2D eigenvalue weighted by Crippen LogP contribution is -2.33. The van der Waals surface area contributed by atoms with Crippen molar-refractivity contribution >= 4 is 16.9 Å². The maximum absolute atomic E-state index is 13.5. The number of ether oxygens (including phenoxy) is 2. The molecule has 0 unspecified atom stereocenters. The highest BCUT2D eigenvalue weighted by Gasteiger charge is 2.22. The summed E-state index contributed by atoms with van der Waals surface area (Å²) in [5, 5.41) is 12.8. The number of unbranched alkanes of at least 4 members (excludes halogenated alkanes) is 2. The third-order valence-corrected chi connectivity index (χ3v) is 4.85. The Balaban J connectivity index is 2.69. The summed E-state index contributed by atoms with van der Waals surface area (Å²) in [4.78, 5) is 24.7. The largest absolute Gasteiger partial charge is 0.494 e. The van der Waals surface area contributed by atoms with Gasteiger partial charge in [-0.25, -0.2) is 4.79 Å². The Morgan fingerprint density at radius 2 is 1.71 bits per heavy atom. The molecule has 0 saturated carbocycles. The smallest absolute Gasteiger partial charge is 0.404 e. The van der Waals surface area contributed by atoms with E-state index in [4.69, 9.17) is 14.6 Å². The molecule has 0 radical (unpaired) electrons. The van der Waals surface area contributed by atoms with E-state index in [0.29, 0.717) is 47.7 Å². The van der Waals surface area contributed by atoms with E-state index in [-0.39, 0.29) is 17.5 Å². The number of aromatic nitrogens is 1. The van der Waals surface area contributed by atoms with E-state index in [0.717, 1.165) is 25.7 Å². The molecule has 0 saturated heterocycles. The van der Waals surface area contributed by atoms with Crippen LogP contribution in [0.3, 0.4) is 0 Å². The van der Waals surface area contributed by atoms with Gasteiger partial charge in [0.05, 0.1) is 30.8 Å². The van der Waals surface area contributed by atoms with E-state index < -0.39 is 6.09 Å². The molecule has 0 aliphatic carbocycles. The molecule has 7 heteroatoms. The fourth-order valence-electron chi connectivity index (χ4n) is 3.32. The summed E-state index contributed by atoms with van der Waals surface area (Å²) in [7, 11) is 0. The normalized spacial score (nSPS) is 11.5. The summed E-state index contributed by atoms with van der Waals surface area (Å²) < 4.78 is 13.6. The average Bonchev–Trinajstić information content (AvgIpc) is 2.69. The van der Waals surface area contributed by atoms with Crippen molar-refractivity contribution in [2.24, 2.45) is 5.41 Å². The molecular formula is C24H36N2O5. The van der Waals surface area contributed by atoms with Gasteiger partial charge in [-0.15, -0.1) is 0 Å². The molecule has 1 aromatic heterocycles. The molecule has 1 heterocycles. The van der Waals surface area contributed by atoms with Gasteiger partial charge in [0, 0.05) is 11.9 Å². The van der Waals surface area contributed by atoms with E-state index in [1.54, 1.807) is 10.6 Å². The van der Waals surface area contributed by atoms with E-state index in [2.05, 4.69) is 19.2 Å². The van der Waals surface area contributed by atoms with Gasteiger partial charge in [-0.3, -0.25) is 4.79 Å². The maximum atomic E-state index is 13.5. The Kier molecular flexibility index (Phi) is 8.77. The van der Waals surface area contributed by atoms with E-state index in [9.17, 15) is 9.59 Å². The van der Waals surface area contributed by atoms with Gasteiger partial charge >= 0.3 is 6.09 Å². The van der Waals surface area contributed by atoms with Crippen molar-refractivity contribution in [1.82, 2.24) is 9.88 Å². The Morgan fingerprint density at radius 3 is 2.29 bits per heavy atom. The predicted molar refractivity (Wildman–Crippen MR) is 123 cm³/mol. The van der Waals surface area contributed by atoms with Crippen LogP contribution in [-0.4, -0.2) is 29.0 Å². The fourth-order valence-corrected chi connectivity index (χ4v) is 3.32. The molecule has 172 valence electrons. The van der Waals surface area contributed by atoms with Crippen molar-refractivity contribution < 1.29 is 19.4 Å². The number of nitrogens with zero attached hydrogens (tertiary/aromatic N) is 1. The van der Waals surface area contributed by atoms with Crippen LogP contribution in [0.2, 0.25) is 0 Å². The van der Waals surface area contributed by atoms with Crippen LogP contribution in [0.15, 0.2) is 23.0 Å². The first-order valence-corrected chi connectivity index (χ1v) is 11.1. The first kappa shape index (κ1) is 24.6. The fraction of sp³-hybridized carbons (Fsp3) is 0.583. The van der Waals surface area contributed by atoms with Gasteiger partial charge in [0.1, 0.15) is 11.5 Å². The SMILES string of the molecule is CCCCOc1ccc2c(OCCCC)c(CNC(=O)O)n(CC(C)(C)C)c(=O)c2c1. The molecule has 7 nitrogen and oxygen atoms in total. The van der Waals surface area contributed by atoms with Crippen molar-refractivity contribution in [3.63, 3.8) is 0 Å². The second-order valence-corrected chi connectivity index (χ2v) is 9.00. The standard InChI is InChI=1S/C24H36N2O5/c1-6-8-12-30-17-10-11-18-19(14-17)22(27)26(16-24(3,4)5)20(15-25-23(28)29)21(18)31-13-9-7-2/h10-11,14,25H,6-9,12-13,15-16H2,1-5H3,(H,28,29). The number of hydrogen-bond acceptors (Lipinski definition) is 4. The van der Waals surface area contributed by atoms with Gasteiger partial charge in [0.2, 0.25) is 0 Å². The van der Waals surface area contributed by atoms with Crippen LogP contribution in [0.5, 0.6) is 11.5 Å². The molecule has 1 aromatic carbocycles. The molecule has 2 rings (SSSR count). The van der Waals surface area contributed by atoms with E-state index in [1.807, 2.05) is 32.9 Å². The van der Waals surface area contributed by atoms with Crippen LogP contribution < -0.4 is 20.3 Å². The zero-order valence-electron chi connectivity index (χ0n) is 19.4. The average molecular weight is 433 g/mol. The third kappa shape index (κ3) is 6.91.